The molecule has 0 spiro atoms. The Hall–Kier alpha value is -1.10. The first-order valence-electron chi connectivity index (χ1n) is 6.98. The van der Waals surface area contributed by atoms with Crippen molar-refractivity contribution in [3.63, 3.8) is 0 Å². The summed E-state index contributed by atoms with van der Waals surface area (Å²) in [6.45, 7) is 7.17. The summed E-state index contributed by atoms with van der Waals surface area (Å²) in [4.78, 5) is 25.9. The highest BCUT2D eigenvalue weighted by molar-refractivity contribution is 5.83. The van der Waals surface area contributed by atoms with Crippen LogP contribution in [0, 0.1) is 5.92 Å². The summed E-state index contributed by atoms with van der Waals surface area (Å²) in [6, 6.07) is -0.0531. The van der Waals surface area contributed by atoms with E-state index in [0.717, 1.165) is 12.8 Å². The number of ether oxygens (including phenoxy) is 2. The number of hydrogen-bond acceptors (Lipinski definition) is 4. The molecule has 2 saturated heterocycles. The molecule has 0 bridgehead atoms. The van der Waals surface area contributed by atoms with Gasteiger partial charge < -0.3 is 14.4 Å². The zero-order valence-electron chi connectivity index (χ0n) is 12.0. The van der Waals surface area contributed by atoms with Crippen molar-refractivity contribution in [1.82, 2.24) is 4.90 Å². The van der Waals surface area contributed by atoms with Gasteiger partial charge in [0.15, 0.2) is 0 Å². The number of carbonyl (C=O) groups is 2. The minimum atomic E-state index is -0.503. The van der Waals surface area contributed by atoms with Gasteiger partial charge in [-0.3, -0.25) is 4.79 Å². The third kappa shape index (κ3) is 3.47. The minimum Gasteiger partial charge on any atom is -0.444 e. The smallest absolute Gasteiger partial charge is 0.410 e. The number of Topliss-reactive ketones (excluding diaryl/α,β-unsaturated/α-hetero) is 1. The maximum absolute atomic E-state index is 12.2. The quantitative estimate of drug-likeness (QED) is 0.730. The van der Waals surface area contributed by atoms with E-state index in [2.05, 4.69) is 0 Å². The monoisotopic (exact) mass is 269 g/mol. The van der Waals surface area contributed by atoms with Crippen LogP contribution < -0.4 is 0 Å². The van der Waals surface area contributed by atoms with Gasteiger partial charge in [-0.2, -0.15) is 0 Å². The van der Waals surface area contributed by atoms with Gasteiger partial charge in [0.05, 0.1) is 19.1 Å². The molecule has 2 aliphatic heterocycles. The number of amides is 1. The van der Waals surface area contributed by atoms with E-state index in [0.29, 0.717) is 26.2 Å². The second kappa shape index (κ2) is 5.49. The zero-order chi connectivity index (χ0) is 14.0. The van der Waals surface area contributed by atoms with Crippen molar-refractivity contribution in [2.45, 2.75) is 51.7 Å². The van der Waals surface area contributed by atoms with Crippen molar-refractivity contribution in [1.29, 1.82) is 0 Å². The number of ketones is 1. The van der Waals surface area contributed by atoms with Gasteiger partial charge in [-0.05, 0) is 33.6 Å². The zero-order valence-corrected chi connectivity index (χ0v) is 12.0. The lowest BCUT2D eigenvalue weighted by Gasteiger charge is -2.34. The lowest BCUT2D eigenvalue weighted by molar-refractivity contribution is -0.133. The van der Waals surface area contributed by atoms with Crippen LogP contribution in [0.1, 0.15) is 40.0 Å². The molecule has 2 heterocycles. The van der Waals surface area contributed by atoms with Crippen LogP contribution in [-0.2, 0) is 14.3 Å². The molecule has 0 aliphatic carbocycles. The molecule has 0 unspecified atom stereocenters. The molecular weight excluding hydrogens is 246 g/mol. The van der Waals surface area contributed by atoms with Crippen LogP contribution in [0.4, 0.5) is 4.79 Å². The minimum absolute atomic E-state index is 0.0531. The van der Waals surface area contributed by atoms with Gasteiger partial charge in [0.1, 0.15) is 11.4 Å². The Balaban J connectivity index is 2.04. The fourth-order valence-corrected chi connectivity index (χ4v) is 2.75. The highest BCUT2D eigenvalue weighted by Gasteiger charge is 2.40. The number of carbonyl (C=O) groups excluding carboxylic acids is 2. The van der Waals surface area contributed by atoms with E-state index in [1.54, 1.807) is 4.90 Å². The molecule has 1 amide bonds. The van der Waals surface area contributed by atoms with Crippen LogP contribution in [0.5, 0.6) is 0 Å². The lowest BCUT2D eigenvalue weighted by atomic mass is 9.91. The van der Waals surface area contributed by atoms with E-state index in [9.17, 15) is 9.59 Å². The molecule has 0 saturated carbocycles. The summed E-state index contributed by atoms with van der Waals surface area (Å²) in [5.74, 6) is 0.0375. The Kier molecular flexibility index (Phi) is 4.13. The fourth-order valence-electron chi connectivity index (χ4n) is 2.75. The van der Waals surface area contributed by atoms with Crippen LogP contribution in [0.15, 0.2) is 0 Å². The highest BCUT2D eigenvalue weighted by atomic mass is 16.6. The van der Waals surface area contributed by atoms with Gasteiger partial charge >= 0.3 is 6.09 Å². The first kappa shape index (κ1) is 14.3. The fraction of sp³-hybridized carbons (Fsp3) is 0.857. The van der Waals surface area contributed by atoms with Gasteiger partial charge in [0.25, 0.3) is 0 Å². The SMILES string of the molecule is CC(C)(C)OC(=O)N1CCC[C@@H]1[C@@H]1COCCC1=O. The number of nitrogens with zero attached hydrogens (tertiary/aromatic N) is 1. The molecule has 0 aromatic rings. The Morgan fingerprint density at radius 1 is 1.42 bits per heavy atom. The van der Waals surface area contributed by atoms with Crippen LogP contribution in [0.3, 0.4) is 0 Å². The van der Waals surface area contributed by atoms with Crippen molar-refractivity contribution in [3.8, 4) is 0 Å². The summed E-state index contributed by atoms with van der Waals surface area (Å²) >= 11 is 0. The van der Waals surface area contributed by atoms with E-state index in [1.165, 1.54) is 0 Å². The lowest BCUT2D eigenvalue weighted by Crippen LogP contribution is -2.47. The first-order chi connectivity index (χ1) is 8.88. The second-order valence-electron chi connectivity index (χ2n) is 6.28. The van der Waals surface area contributed by atoms with E-state index in [-0.39, 0.29) is 23.8 Å². The summed E-state index contributed by atoms with van der Waals surface area (Å²) in [7, 11) is 0. The first-order valence-corrected chi connectivity index (χ1v) is 6.98. The molecule has 0 radical (unpaired) electrons. The summed E-state index contributed by atoms with van der Waals surface area (Å²) in [5.41, 5.74) is -0.503. The molecule has 0 aromatic carbocycles. The number of hydrogen-bond donors (Lipinski definition) is 0. The van der Waals surface area contributed by atoms with E-state index in [4.69, 9.17) is 9.47 Å². The maximum atomic E-state index is 12.2. The van der Waals surface area contributed by atoms with Gasteiger partial charge in [-0.1, -0.05) is 0 Å². The highest BCUT2D eigenvalue weighted by Crippen LogP contribution is 2.29. The average Bonchev–Trinajstić information content (AvgIpc) is 2.76. The summed E-state index contributed by atoms with van der Waals surface area (Å²) in [6.07, 6.45) is 1.93. The largest absolute Gasteiger partial charge is 0.444 e. The van der Waals surface area contributed by atoms with Gasteiger partial charge in [0.2, 0.25) is 0 Å². The van der Waals surface area contributed by atoms with Gasteiger partial charge in [0, 0.05) is 19.0 Å². The number of rotatable bonds is 1. The normalized spacial score (nSPS) is 28.6. The Labute approximate surface area is 114 Å². The summed E-state index contributed by atoms with van der Waals surface area (Å²) in [5, 5.41) is 0. The van der Waals surface area contributed by atoms with Crippen LogP contribution in [-0.4, -0.2) is 48.2 Å². The average molecular weight is 269 g/mol. The van der Waals surface area contributed by atoms with E-state index in [1.807, 2.05) is 20.8 Å². The van der Waals surface area contributed by atoms with Crippen molar-refractivity contribution in [3.05, 3.63) is 0 Å². The predicted molar refractivity (Wildman–Crippen MR) is 69.9 cm³/mol. The predicted octanol–water partition coefficient (Wildman–Crippen LogP) is 1.99. The molecular formula is C14H23NO4. The van der Waals surface area contributed by atoms with Crippen LogP contribution in [0.25, 0.3) is 0 Å². The van der Waals surface area contributed by atoms with E-state index < -0.39 is 5.60 Å². The Morgan fingerprint density at radius 3 is 2.79 bits per heavy atom. The molecule has 5 heteroatoms. The van der Waals surface area contributed by atoms with Crippen LogP contribution >= 0.6 is 0 Å². The molecule has 2 rings (SSSR count). The van der Waals surface area contributed by atoms with Crippen molar-refractivity contribution >= 4 is 11.9 Å². The van der Waals surface area contributed by atoms with Crippen molar-refractivity contribution in [2.24, 2.45) is 5.92 Å². The maximum Gasteiger partial charge on any atom is 0.410 e. The van der Waals surface area contributed by atoms with Crippen LogP contribution in [0.2, 0.25) is 0 Å². The third-order valence-electron chi connectivity index (χ3n) is 3.60. The van der Waals surface area contributed by atoms with Gasteiger partial charge in [-0.25, -0.2) is 4.79 Å². The molecule has 0 N–H and O–H groups in total. The molecule has 2 aliphatic rings. The topological polar surface area (TPSA) is 55.8 Å². The Morgan fingerprint density at radius 2 is 2.16 bits per heavy atom. The molecule has 108 valence electrons. The standard InChI is InChI=1S/C14H23NO4/c1-14(2,3)19-13(17)15-7-4-5-11(15)10-9-18-8-6-12(10)16/h10-11H,4-9H2,1-3H3/t10-,11+/m0/s1. The van der Waals surface area contributed by atoms with Gasteiger partial charge in [-0.15, -0.1) is 0 Å². The molecule has 2 atom stereocenters. The molecule has 0 aromatic heterocycles. The number of likely N-dealkylation sites (tertiary alicyclic amines) is 1. The van der Waals surface area contributed by atoms with Crippen molar-refractivity contribution in [2.75, 3.05) is 19.8 Å². The third-order valence-corrected chi connectivity index (χ3v) is 3.60. The molecule has 2 fully saturated rings. The Bertz CT molecular complexity index is 361. The van der Waals surface area contributed by atoms with E-state index >= 15 is 0 Å². The summed E-state index contributed by atoms with van der Waals surface area (Å²) < 4.78 is 10.8. The van der Waals surface area contributed by atoms with Crippen molar-refractivity contribution < 1.29 is 19.1 Å². The molecule has 19 heavy (non-hydrogen) atoms. The molecule has 5 nitrogen and oxygen atoms in total. The second-order valence-corrected chi connectivity index (χ2v) is 6.28.